The Morgan fingerprint density at radius 1 is 1.13 bits per heavy atom. The molecule has 1 aliphatic rings. The molecule has 0 saturated heterocycles. The Morgan fingerprint density at radius 3 is 2.52 bits per heavy atom. The highest BCUT2D eigenvalue weighted by Gasteiger charge is 2.48. The zero-order valence-corrected chi connectivity index (χ0v) is 13.3. The summed E-state index contributed by atoms with van der Waals surface area (Å²) in [6, 6.07) is 2.13. The molecule has 0 spiro atoms. The lowest BCUT2D eigenvalue weighted by atomic mass is 9.82. The fourth-order valence-electron chi connectivity index (χ4n) is 2.85. The van der Waals surface area contributed by atoms with Crippen molar-refractivity contribution in [1.82, 2.24) is 5.32 Å². The lowest BCUT2D eigenvalue weighted by molar-refractivity contribution is 0.0966. The molecule has 0 radical (unpaired) electrons. The van der Waals surface area contributed by atoms with E-state index in [9.17, 15) is 17.6 Å². The number of fused-ring (bicyclic) bond motifs is 1. The van der Waals surface area contributed by atoms with Gasteiger partial charge in [-0.15, -0.1) is 0 Å². The SMILES string of the molecule is CCCCNCC1(COCC)C(F)=C(F)c2c1ccc(F)c2F. The summed E-state index contributed by atoms with van der Waals surface area (Å²) in [5, 5.41) is 3.07. The van der Waals surface area contributed by atoms with Crippen molar-refractivity contribution in [1.29, 1.82) is 0 Å². The van der Waals surface area contributed by atoms with Gasteiger partial charge in [-0.1, -0.05) is 19.4 Å². The van der Waals surface area contributed by atoms with Crippen LogP contribution in [0, 0.1) is 11.6 Å². The van der Waals surface area contributed by atoms with E-state index in [0.717, 1.165) is 18.9 Å². The van der Waals surface area contributed by atoms with Crippen LogP contribution in [0.3, 0.4) is 0 Å². The summed E-state index contributed by atoms with van der Waals surface area (Å²) in [6.45, 7) is 4.60. The summed E-state index contributed by atoms with van der Waals surface area (Å²) < 4.78 is 61.6. The molecular formula is C17H21F4NO. The summed E-state index contributed by atoms with van der Waals surface area (Å²) in [7, 11) is 0. The van der Waals surface area contributed by atoms with Crippen molar-refractivity contribution in [3.05, 3.63) is 40.7 Å². The molecule has 128 valence electrons. The van der Waals surface area contributed by atoms with Gasteiger partial charge in [0.05, 0.1) is 17.6 Å². The topological polar surface area (TPSA) is 21.3 Å². The molecule has 0 aliphatic heterocycles. The molecule has 1 N–H and O–H groups in total. The van der Waals surface area contributed by atoms with Crippen LogP contribution in [0.2, 0.25) is 0 Å². The first-order valence-corrected chi connectivity index (χ1v) is 7.82. The maximum Gasteiger partial charge on any atom is 0.169 e. The molecule has 1 aromatic rings. The van der Waals surface area contributed by atoms with Gasteiger partial charge in [-0.25, -0.2) is 17.6 Å². The normalized spacial score (nSPS) is 20.3. The summed E-state index contributed by atoms with van der Waals surface area (Å²) in [5.41, 5.74) is -2.00. The van der Waals surface area contributed by atoms with Crippen molar-refractivity contribution in [2.75, 3.05) is 26.3 Å². The molecule has 1 atom stereocenters. The van der Waals surface area contributed by atoms with Gasteiger partial charge in [0.15, 0.2) is 23.3 Å². The molecule has 0 fully saturated rings. The van der Waals surface area contributed by atoms with E-state index < -0.39 is 34.3 Å². The van der Waals surface area contributed by atoms with Crippen LogP contribution in [0.25, 0.3) is 5.83 Å². The lowest BCUT2D eigenvalue weighted by Gasteiger charge is -2.30. The van der Waals surface area contributed by atoms with Crippen molar-refractivity contribution in [3.63, 3.8) is 0 Å². The van der Waals surface area contributed by atoms with E-state index in [1.54, 1.807) is 6.92 Å². The molecule has 1 aromatic carbocycles. The molecular weight excluding hydrogens is 310 g/mol. The van der Waals surface area contributed by atoms with Gasteiger partial charge < -0.3 is 10.1 Å². The second-order valence-corrected chi connectivity index (χ2v) is 5.66. The van der Waals surface area contributed by atoms with Gasteiger partial charge in [0, 0.05) is 13.2 Å². The maximum absolute atomic E-state index is 14.7. The molecule has 0 amide bonds. The number of benzene rings is 1. The van der Waals surface area contributed by atoms with E-state index in [1.165, 1.54) is 6.07 Å². The Kier molecular flexibility index (Phi) is 5.81. The number of nitrogens with one attached hydrogen (secondary N) is 1. The standard InChI is InChI=1S/C17H21F4NO/c1-3-5-8-22-9-17(10-23-4-2)11-6-7-12(18)14(19)13(11)15(20)16(17)21/h6-7,22H,3-5,8-10H2,1-2H3. The lowest BCUT2D eigenvalue weighted by Crippen LogP contribution is -2.42. The first-order valence-electron chi connectivity index (χ1n) is 7.82. The van der Waals surface area contributed by atoms with Crippen LogP contribution in [0.1, 0.15) is 37.8 Å². The highest BCUT2D eigenvalue weighted by molar-refractivity contribution is 5.75. The average Bonchev–Trinajstić information content (AvgIpc) is 2.75. The maximum atomic E-state index is 14.7. The first kappa shape index (κ1) is 17.9. The van der Waals surface area contributed by atoms with Gasteiger partial charge in [0.2, 0.25) is 0 Å². The monoisotopic (exact) mass is 331 g/mol. The molecule has 0 saturated carbocycles. The Labute approximate surface area is 133 Å². The molecule has 1 aliphatic carbocycles. The minimum absolute atomic E-state index is 0.0598. The predicted molar refractivity (Wildman–Crippen MR) is 81.4 cm³/mol. The van der Waals surface area contributed by atoms with Crippen molar-refractivity contribution in [3.8, 4) is 0 Å². The molecule has 0 bridgehead atoms. The van der Waals surface area contributed by atoms with E-state index >= 15 is 0 Å². The van der Waals surface area contributed by atoms with Gasteiger partial charge >= 0.3 is 0 Å². The molecule has 23 heavy (non-hydrogen) atoms. The fourth-order valence-corrected chi connectivity index (χ4v) is 2.85. The number of unbranched alkanes of at least 4 members (excludes halogenated alkanes) is 1. The Balaban J connectivity index is 2.44. The minimum Gasteiger partial charge on any atom is -0.380 e. The van der Waals surface area contributed by atoms with Crippen LogP contribution in [0.15, 0.2) is 18.0 Å². The van der Waals surface area contributed by atoms with Crippen molar-refractivity contribution < 1.29 is 22.3 Å². The van der Waals surface area contributed by atoms with Crippen LogP contribution in [0.5, 0.6) is 0 Å². The second-order valence-electron chi connectivity index (χ2n) is 5.66. The predicted octanol–water partition coefficient (Wildman–Crippen LogP) is 4.25. The number of ether oxygens (including phenoxy) is 1. The summed E-state index contributed by atoms with van der Waals surface area (Å²) in [4.78, 5) is 0. The highest BCUT2D eigenvalue weighted by atomic mass is 19.2. The zero-order valence-electron chi connectivity index (χ0n) is 13.3. The summed E-state index contributed by atoms with van der Waals surface area (Å²) in [6.07, 6.45) is 1.83. The van der Waals surface area contributed by atoms with Crippen molar-refractivity contribution >= 4 is 5.83 Å². The van der Waals surface area contributed by atoms with E-state index in [-0.39, 0.29) is 18.7 Å². The van der Waals surface area contributed by atoms with Crippen LogP contribution >= 0.6 is 0 Å². The van der Waals surface area contributed by atoms with E-state index in [0.29, 0.717) is 13.2 Å². The Morgan fingerprint density at radius 2 is 1.87 bits per heavy atom. The van der Waals surface area contributed by atoms with E-state index in [2.05, 4.69) is 5.32 Å². The Bertz CT molecular complexity index is 603. The van der Waals surface area contributed by atoms with E-state index in [4.69, 9.17) is 4.74 Å². The van der Waals surface area contributed by atoms with Gasteiger partial charge in [-0.05, 0) is 31.5 Å². The van der Waals surface area contributed by atoms with Crippen LogP contribution in [-0.2, 0) is 10.2 Å². The quantitative estimate of drug-likeness (QED) is 0.568. The average molecular weight is 331 g/mol. The molecule has 0 heterocycles. The largest absolute Gasteiger partial charge is 0.380 e. The molecule has 2 rings (SSSR count). The van der Waals surface area contributed by atoms with Crippen LogP contribution in [-0.4, -0.2) is 26.3 Å². The minimum atomic E-state index is -1.46. The third kappa shape index (κ3) is 3.15. The van der Waals surface area contributed by atoms with Gasteiger partial charge in [-0.2, -0.15) is 0 Å². The molecule has 6 heteroatoms. The summed E-state index contributed by atoms with van der Waals surface area (Å²) in [5.74, 6) is -5.00. The summed E-state index contributed by atoms with van der Waals surface area (Å²) >= 11 is 0. The molecule has 1 unspecified atom stereocenters. The van der Waals surface area contributed by atoms with Crippen molar-refractivity contribution in [2.24, 2.45) is 0 Å². The number of rotatable bonds is 8. The fraction of sp³-hybridized carbons (Fsp3) is 0.529. The van der Waals surface area contributed by atoms with Gasteiger partial charge in [0.25, 0.3) is 0 Å². The zero-order chi connectivity index (χ0) is 17.0. The molecule has 2 nitrogen and oxygen atoms in total. The van der Waals surface area contributed by atoms with Gasteiger partial charge in [-0.3, -0.25) is 0 Å². The third-order valence-electron chi connectivity index (χ3n) is 4.13. The number of halogens is 4. The molecule has 0 aromatic heterocycles. The van der Waals surface area contributed by atoms with Gasteiger partial charge in [0.1, 0.15) is 0 Å². The third-order valence-corrected chi connectivity index (χ3v) is 4.13. The van der Waals surface area contributed by atoms with E-state index in [1.807, 2.05) is 6.92 Å². The Hall–Kier alpha value is -1.40. The second kappa shape index (κ2) is 7.45. The highest BCUT2D eigenvalue weighted by Crippen LogP contribution is 2.49. The first-order chi connectivity index (χ1) is 11.0. The smallest absolute Gasteiger partial charge is 0.169 e. The number of hydrogen-bond donors (Lipinski definition) is 1. The van der Waals surface area contributed by atoms with Crippen LogP contribution < -0.4 is 5.32 Å². The number of hydrogen-bond acceptors (Lipinski definition) is 2. The van der Waals surface area contributed by atoms with Crippen molar-refractivity contribution in [2.45, 2.75) is 32.1 Å². The van der Waals surface area contributed by atoms with Crippen LogP contribution in [0.4, 0.5) is 17.6 Å².